The van der Waals surface area contributed by atoms with Crippen LogP contribution in [0.5, 0.6) is 0 Å². The summed E-state index contributed by atoms with van der Waals surface area (Å²) in [6, 6.07) is 6.31. The highest BCUT2D eigenvalue weighted by Gasteiger charge is 2.38. The number of rotatable bonds is 7. The lowest BCUT2D eigenvalue weighted by Gasteiger charge is -2.23. The van der Waals surface area contributed by atoms with Crippen molar-refractivity contribution in [2.45, 2.75) is 26.0 Å². The van der Waals surface area contributed by atoms with Crippen LogP contribution in [-0.2, 0) is 16.1 Å². The molecule has 0 spiro atoms. The van der Waals surface area contributed by atoms with Crippen molar-refractivity contribution >= 4 is 34.1 Å². The third-order valence-electron chi connectivity index (χ3n) is 5.44. The van der Waals surface area contributed by atoms with Crippen molar-refractivity contribution in [2.24, 2.45) is 0 Å². The molecule has 31 heavy (non-hydrogen) atoms. The molecule has 1 amide bonds. The maximum absolute atomic E-state index is 13.5. The smallest absolute Gasteiger partial charge is 0.260 e. The summed E-state index contributed by atoms with van der Waals surface area (Å²) in [6.07, 6.45) is 1.89. The molecule has 0 fully saturated rings. The Morgan fingerprint density at radius 1 is 1.19 bits per heavy atom. The number of amides is 1. The van der Waals surface area contributed by atoms with Gasteiger partial charge in [0.1, 0.15) is 17.2 Å². The van der Waals surface area contributed by atoms with Gasteiger partial charge in [0, 0.05) is 35.6 Å². The minimum atomic E-state index is -0.639. The zero-order valence-electron chi connectivity index (χ0n) is 17.4. The third-order valence-corrected chi connectivity index (χ3v) is 6.36. The molecule has 6 nitrogen and oxygen atoms in total. The number of benzene rings is 1. The zero-order chi connectivity index (χ0) is 22.2. The SMILES string of the molecule is CC1(C)O/C(=C2/C(=O)Nc3cc(F)ccc32)C=C1c1csc(CN(CCO)CCO)c1. The molecule has 0 saturated heterocycles. The Morgan fingerprint density at radius 2 is 1.94 bits per heavy atom. The second kappa shape index (κ2) is 8.55. The molecular formula is C23H25FN2O4S. The molecule has 0 radical (unpaired) electrons. The lowest BCUT2D eigenvalue weighted by atomic mass is 9.94. The van der Waals surface area contributed by atoms with Crippen LogP contribution in [0.2, 0.25) is 0 Å². The number of hydrogen-bond donors (Lipinski definition) is 3. The fraction of sp³-hybridized carbons (Fsp3) is 0.348. The molecule has 2 aromatic rings. The minimum Gasteiger partial charge on any atom is -0.482 e. The number of halogens is 1. The van der Waals surface area contributed by atoms with Crippen LogP contribution < -0.4 is 5.32 Å². The molecule has 0 bridgehead atoms. The molecule has 3 heterocycles. The summed E-state index contributed by atoms with van der Waals surface area (Å²) in [7, 11) is 0. The Morgan fingerprint density at radius 3 is 2.65 bits per heavy atom. The van der Waals surface area contributed by atoms with Crippen molar-refractivity contribution in [3.05, 3.63) is 63.3 Å². The number of anilines is 1. The molecule has 2 aliphatic rings. The number of nitrogens with one attached hydrogen (secondary N) is 1. The summed E-state index contributed by atoms with van der Waals surface area (Å²) in [5.41, 5.74) is 2.80. The van der Waals surface area contributed by atoms with Crippen LogP contribution in [0.4, 0.5) is 10.1 Å². The first-order valence-corrected chi connectivity index (χ1v) is 11.0. The van der Waals surface area contributed by atoms with Crippen molar-refractivity contribution in [3.8, 4) is 0 Å². The number of carbonyl (C=O) groups is 1. The van der Waals surface area contributed by atoms with E-state index in [-0.39, 0.29) is 19.1 Å². The zero-order valence-corrected chi connectivity index (χ0v) is 18.3. The topological polar surface area (TPSA) is 82.0 Å². The monoisotopic (exact) mass is 444 g/mol. The Kier molecular flexibility index (Phi) is 5.98. The molecule has 2 aliphatic heterocycles. The first-order chi connectivity index (χ1) is 14.8. The number of nitrogens with zero attached hydrogens (tertiary/aromatic N) is 1. The Hall–Kier alpha value is -2.52. The van der Waals surface area contributed by atoms with E-state index in [1.807, 2.05) is 30.2 Å². The van der Waals surface area contributed by atoms with Crippen molar-refractivity contribution in [2.75, 3.05) is 31.6 Å². The number of hydrogen-bond acceptors (Lipinski definition) is 6. The van der Waals surface area contributed by atoms with E-state index in [0.717, 1.165) is 16.0 Å². The van der Waals surface area contributed by atoms with Gasteiger partial charge in [0.05, 0.1) is 24.5 Å². The molecule has 3 N–H and O–H groups in total. The van der Waals surface area contributed by atoms with Crippen molar-refractivity contribution < 1.29 is 24.1 Å². The number of carbonyl (C=O) groups excluding carboxylic acids is 1. The molecule has 0 atom stereocenters. The summed E-state index contributed by atoms with van der Waals surface area (Å²) in [5.74, 6) is -0.243. The lowest BCUT2D eigenvalue weighted by molar-refractivity contribution is -0.111. The summed E-state index contributed by atoms with van der Waals surface area (Å²) in [4.78, 5) is 15.7. The molecule has 4 rings (SSSR count). The molecule has 1 aromatic carbocycles. The van der Waals surface area contributed by atoms with Crippen LogP contribution in [0.25, 0.3) is 11.1 Å². The number of thiophene rings is 1. The van der Waals surface area contributed by atoms with E-state index in [1.165, 1.54) is 12.1 Å². The summed E-state index contributed by atoms with van der Waals surface area (Å²) < 4.78 is 19.7. The van der Waals surface area contributed by atoms with Crippen LogP contribution in [0.15, 0.2) is 41.5 Å². The molecule has 0 saturated carbocycles. The number of aliphatic hydroxyl groups excluding tert-OH is 2. The van der Waals surface area contributed by atoms with Crippen LogP contribution in [0, 0.1) is 5.82 Å². The van der Waals surface area contributed by atoms with E-state index >= 15 is 0 Å². The van der Waals surface area contributed by atoms with Crippen LogP contribution in [-0.4, -0.2) is 52.9 Å². The Labute approximate surface area is 184 Å². The van der Waals surface area contributed by atoms with E-state index in [9.17, 15) is 19.4 Å². The van der Waals surface area contributed by atoms with Crippen molar-refractivity contribution in [1.82, 2.24) is 4.90 Å². The highest BCUT2D eigenvalue weighted by molar-refractivity contribution is 7.10. The van der Waals surface area contributed by atoms with Gasteiger partial charge in [-0.05, 0) is 55.1 Å². The van der Waals surface area contributed by atoms with E-state index < -0.39 is 11.4 Å². The first-order valence-electron chi connectivity index (χ1n) is 10.1. The van der Waals surface area contributed by atoms with Gasteiger partial charge in [0.25, 0.3) is 5.91 Å². The number of allylic oxidation sites excluding steroid dienone is 1. The molecule has 0 aliphatic carbocycles. The molecule has 0 unspecified atom stereocenters. The summed E-state index contributed by atoms with van der Waals surface area (Å²) in [6.45, 7) is 5.60. The maximum Gasteiger partial charge on any atom is 0.260 e. The highest BCUT2D eigenvalue weighted by atomic mass is 32.1. The predicted molar refractivity (Wildman–Crippen MR) is 119 cm³/mol. The van der Waals surface area contributed by atoms with Gasteiger partial charge in [-0.25, -0.2) is 4.39 Å². The standard InChI is InChI=1S/C23H25FN2O4S/c1-23(2)18(14-9-16(31-13-14)12-26(5-7-27)6-8-28)11-20(30-23)21-17-4-3-15(24)10-19(17)25-22(21)29/h3-4,9-11,13,27-28H,5-8,12H2,1-2H3,(H,25,29)/b21-20+. The maximum atomic E-state index is 13.5. The van der Waals surface area contributed by atoms with Crippen LogP contribution in [0.3, 0.4) is 0 Å². The number of ether oxygens (including phenoxy) is 1. The molecular weight excluding hydrogens is 419 g/mol. The third kappa shape index (κ3) is 4.29. The van der Waals surface area contributed by atoms with Crippen molar-refractivity contribution in [3.63, 3.8) is 0 Å². The van der Waals surface area contributed by atoms with Gasteiger partial charge >= 0.3 is 0 Å². The number of fused-ring (bicyclic) bond motifs is 1. The molecule has 1 aromatic heterocycles. The van der Waals surface area contributed by atoms with Crippen molar-refractivity contribution in [1.29, 1.82) is 0 Å². The van der Waals surface area contributed by atoms with E-state index in [2.05, 4.69) is 11.4 Å². The van der Waals surface area contributed by atoms with Gasteiger partial charge in [-0.2, -0.15) is 0 Å². The minimum absolute atomic E-state index is 0.0363. The summed E-state index contributed by atoms with van der Waals surface area (Å²) >= 11 is 1.60. The first kappa shape index (κ1) is 21.7. The average Bonchev–Trinajstić information content (AvgIpc) is 3.36. The fourth-order valence-electron chi connectivity index (χ4n) is 3.99. The Bertz CT molecular complexity index is 1070. The average molecular weight is 445 g/mol. The van der Waals surface area contributed by atoms with Crippen LogP contribution in [0.1, 0.15) is 29.9 Å². The number of aliphatic hydroxyl groups is 2. The second-order valence-corrected chi connectivity index (χ2v) is 9.07. The quantitative estimate of drug-likeness (QED) is 0.572. The summed E-state index contributed by atoms with van der Waals surface area (Å²) in [5, 5.41) is 23.2. The van der Waals surface area contributed by atoms with Gasteiger partial charge in [0.2, 0.25) is 0 Å². The van der Waals surface area contributed by atoms with Gasteiger partial charge in [-0.15, -0.1) is 11.3 Å². The Balaban J connectivity index is 1.66. The van der Waals surface area contributed by atoms with Gasteiger partial charge in [-0.1, -0.05) is 0 Å². The van der Waals surface area contributed by atoms with Crippen LogP contribution >= 0.6 is 11.3 Å². The predicted octanol–water partition coefficient (Wildman–Crippen LogP) is 3.23. The normalized spacial score (nSPS) is 19.4. The van der Waals surface area contributed by atoms with Gasteiger partial charge < -0.3 is 20.3 Å². The largest absolute Gasteiger partial charge is 0.482 e. The van der Waals surface area contributed by atoms with E-state index in [4.69, 9.17) is 4.74 Å². The molecule has 8 heteroatoms. The van der Waals surface area contributed by atoms with E-state index in [0.29, 0.717) is 42.2 Å². The van der Waals surface area contributed by atoms with Gasteiger partial charge in [0.15, 0.2) is 0 Å². The highest BCUT2D eigenvalue weighted by Crippen LogP contribution is 2.45. The second-order valence-electron chi connectivity index (χ2n) is 8.08. The fourth-order valence-corrected chi connectivity index (χ4v) is 4.91. The van der Waals surface area contributed by atoms with E-state index in [1.54, 1.807) is 17.4 Å². The molecule has 164 valence electrons. The lowest BCUT2D eigenvalue weighted by Crippen LogP contribution is -2.29. The van der Waals surface area contributed by atoms with Gasteiger partial charge in [-0.3, -0.25) is 9.69 Å².